The lowest BCUT2D eigenvalue weighted by atomic mass is 10.1. The van der Waals surface area contributed by atoms with E-state index in [-0.39, 0.29) is 6.42 Å². The van der Waals surface area contributed by atoms with Crippen molar-refractivity contribution in [2.75, 3.05) is 6.61 Å². The van der Waals surface area contributed by atoms with Gasteiger partial charge in [0.05, 0.1) is 12.5 Å². The molecule has 0 rings (SSSR count). The molecule has 0 aromatic carbocycles. The van der Waals surface area contributed by atoms with Crippen molar-refractivity contribution in [2.24, 2.45) is 17.5 Å². The van der Waals surface area contributed by atoms with Crippen LogP contribution < -0.4 is 17.0 Å². The van der Waals surface area contributed by atoms with Gasteiger partial charge in [0.1, 0.15) is 0 Å². The Labute approximate surface area is 63.5 Å². The number of hydrogen-bond donors (Lipinski definition) is 4. The summed E-state index contributed by atoms with van der Waals surface area (Å²) in [6.07, 6.45) is -0.178. The summed E-state index contributed by atoms with van der Waals surface area (Å²) < 4.78 is 0. The van der Waals surface area contributed by atoms with Gasteiger partial charge >= 0.3 is 0 Å². The first kappa shape index (κ1) is 9.86. The first-order valence-electron chi connectivity index (χ1n) is 3.01. The highest BCUT2D eigenvalue weighted by molar-refractivity contribution is 5.84. The molecular weight excluding hydrogens is 150 g/mol. The average Bonchev–Trinajstić information content (AvgIpc) is 1.99. The van der Waals surface area contributed by atoms with Crippen LogP contribution in [0, 0.1) is 5.92 Å². The number of aliphatic hydroxyl groups is 1. The molecule has 0 saturated heterocycles. The maximum absolute atomic E-state index is 10.5. The third kappa shape index (κ3) is 3.54. The summed E-state index contributed by atoms with van der Waals surface area (Å²) in [4.78, 5) is 21.0. The van der Waals surface area contributed by atoms with Crippen molar-refractivity contribution in [3.05, 3.63) is 0 Å². The number of amides is 2. The third-order valence-corrected chi connectivity index (χ3v) is 1.22. The molecule has 0 saturated carbocycles. The Balaban J connectivity index is 3.88. The quantitative estimate of drug-likeness (QED) is 0.206. The van der Waals surface area contributed by atoms with Gasteiger partial charge in [-0.25, -0.2) is 5.84 Å². The highest BCUT2D eigenvalue weighted by Crippen LogP contribution is 1.99. The van der Waals surface area contributed by atoms with Crippen molar-refractivity contribution >= 4 is 11.8 Å². The van der Waals surface area contributed by atoms with E-state index in [0.29, 0.717) is 0 Å². The molecule has 6 nitrogen and oxygen atoms in total. The van der Waals surface area contributed by atoms with E-state index >= 15 is 0 Å². The molecular formula is C5H11N3O3. The predicted molar refractivity (Wildman–Crippen MR) is 36.7 cm³/mol. The Hall–Kier alpha value is -1.14. The molecule has 0 heterocycles. The average molecular weight is 161 g/mol. The van der Waals surface area contributed by atoms with Gasteiger partial charge in [0.15, 0.2) is 0 Å². The molecule has 11 heavy (non-hydrogen) atoms. The molecule has 6 heteroatoms. The van der Waals surface area contributed by atoms with Gasteiger partial charge < -0.3 is 10.8 Å². The Morgan fingerprint density at radius 1 is 1.55 bits per heavy atom. The molecule has 1 unspecified atom stereocenters. The largest absolute Gasteiger partial charge is 0.396 e. The van der Waals surface area contributed by atoms with Crippen LogP contribution in [0.5, 0.6) is 0 Å². The zero-order valence-corrected chi connectivity index (χ0v) is 5.91. The van der Waals surface area contributed by atoms with Crippen molar-refractivity contribution in [2.45, 2.75) is 6.42 Å². The van der Waals surface area contributed by atoms with E-state index < -0.39 is 24.3 Å². The molecule has 0 bridgehead atoms. The number of hydrazine groups is 1. The molecule has 2 amide bonds. The topological polar surface area (TPSA) is 118 Å². The first-order valence-corrected chi connectivity index (χ1v) is 3.01. The fraction of sp³-hybridized carbons (Fsp3) is 0.600. The van der Waals surface area contributed by atoms with Crippen LogP contribution >= 0.6 is 0 Å². The summed E-state index contributed by atoms with van der Waals surface area (Å²) in [6, 6.07) is 0. The molecule has 0 aliphatic rings. The van der Waals surface area contributed by atoms with Crippen molar-refractivity contribution < 1.29 is 14.7 Å². The molecule has 0 aromatic rings. The number of rotatable bonds is 4. The Kier molecular flexibility index (Phi) is 4.16. The molecule has 0 aliphatic heterocycles. The second kappa shape index (κ2) is 4.64. The zero-order valence-electron chi connectivity index (χ0n) is 5.91. The van der Waals surface area contributed by atoms with Crippen LogP contribution in [0.1, 0.15) is 6.42 Å². The number of carbonyl (C=O) groups is 2. The maximum atomic E-state index is 10.5. The SMILES string of the molecule is NNC(=O)CC(CO)C(N)=O. The lowest BCUT2D eigenvalue weighted by Crippen LogP contribution is -2.36. The minimum Gasteiger partial charge on any atom is -0.396 e. The minimum atomic E-state index is -0.849. The van der Waals surface area contributed by atoms with Crippen LogP contribution in [-0.4, -0.2) is 23.5 Å². The van der Waals surface area contributed by atoms with Crippen LogP contribution in [-0.2, 0) is 9.59 Å². The summed E-state index contributed by atoms with van der Waals surface area (Å²) in [5.41, 5.74) is 6.66. The molecule has 0 aromatic heterocycles. The Morgan fingerprint density at radius 2 is 2.09 bits per heavy atom. The van der Waals surface area contributed by atoms with Gasteiger partial charge in [-0.3, -0.25) is 15.0 Å². The van der Waals surface area contributed by atoms with Gasteiger partial charge in [-0.1, -0.05) is 0 Å². The number of nitrogens with one attached hydrogen (secondary N) is 1. The lowest BCUT2D eigenvalue weighted by molar-refractivity contribution is -0.129. The standard InChI is InChI=1S/C5H11N3O3/c6-5(11)3(2-9)1-4(10)8-7/h3,9H,1-2,7H2,(H2,6,11)(H,8,10). The van der Waals surface area contributed by atoms with Gasteiger partial charge in [0.2, 0.25) is 11.8 Å². The number of aliphatic hydroxyl groups excluding tert-OH is 1. The smallest absolute Gasteiger partial charge is 0.234 e. The first-order chi connectivity index (χ1) is 5.11. The van der Waals surface area contributed by atoms with Crippen LogP contribution in [0.15, 0.2) is 0 Å². The van der Waals surface area contributed by atoms with E-state index in [9.17, 15) is 9.59 Å². The monoisotopic (exact) mass is 161 g/mol. The van der Waals surface area contributed by atoms with Crippen molar-refractivity contribution in [3.8, 4) is 0 Å². The van der Waals surface area contributed by atoms with E-state index in [4.69, 9.17) is 16.7 Å². The summed E-state index contributed by atoms with van der Waals surface area (Å²) in [5, 5.41) is 8.52. The lowest BCUT2D eigenvalue weighted by Gasteiger charge is -2.07. The Morgan fingerprint density at radius 3 is 2.36 bits per heavy atom. The van der Waals surface area contributed by atoms with E-state index in [1.807, 2.05) is 5.43 Å². The van der Waals surface area contributed by atoms with Crippen LogP contribution in [0.25, 0.3) is 0 Å². The van der Waals surface area contributed by atoms with E-state index in [1.165, 1.54) is 0 Å². The second-order valence-electron chi connectivity index (χ2n) is 2.05. The maximum Gasteiger partial charge on any atom is 0.234 e. The molecule has 64 valence electrons. The molecule has 0 radical (unpaired) electrons. The predicted octanol–water partition coefficient (Wildman–Crippen LogP) is -2.54. The Bertz CT molecular complexity index is 159. The molecule has 0 fully saturated rings. The number of hydrogen-bond acceptors (Lipinski definition) is 4. The van der Waals surface area contributed by atoms with E-state index in [0.717, 1.165) is 0 Å². The summed E-state index contributed by atoms with van der Waals surface area (Å²) in [5.74, 6) is 2.66. The van der Waals surface area contributed by atoms with Crippen molar-refractivity contribution in [3.63, 3.8) is 0 Å². The van der Waals surface area contributed by atoms with E-state index in [1.54, 1.807) is 0 Å². The zero-order chi connectivity index (χ0) is 8.85. The summed E-state index contributed by atoms with van der Waals surface area (Å²) in [6.45, 7) is -0.442. The number of primary amides is 1. The fourth-order valence-corrected chi connectivity index (χ4v) is 0.538. The highest BCUT2D eigenvalue weighted by atomic mass is 16.3. The van der Waals surface area contributed by atoms with Crippen molar-refractivity contribution in [1.29, 1.82) is 0 Å². The van der Waals surface area contributed by atoms with Gasteiger partial charge in [-0.05, 0) is 0 Å². The third-order valence-electron chi connectivity index (χ3n) is 1.22. The van der Waals surface area contributed by atoms with Crippen molar-refractivity contribution in [1.82, 2.24) is 5.43 Å². The fourth-order valence-electron chi connectivity index (χ4n) is 0.538. The summed E-state index contributed by atoms with van der Waals surface area (Å²) in [7, 11) is 0. The summed E-state index contributed by atoms with van der Waals surface area (Å²) >= 11 is 0. The second-order valence-corrected chi connectivity index (χ2v) is 2.05. The minimum absolute atomic E-state index is 0.178. The van der Waals surface area contributed by atoms with Crippen LogP contribution in [0.4, 0.5) is 0 Å². The molecule has 0 aliphatic carbocycles. The molecule has 6 N–H and O–H groups in total. The van der Waals surface area contributed by atoms with Crippen LogP contribution in [0.3, 0.4) is 0 Å². The van der Waals surface area contributed by atoms with E-state index in [2.05, 4.69) is 0 Å². The highest BCUT2D eigenvalue weighted by Gasteiger charge is 2.17. The number of nitrogens with two attached hydrogens (primary N) is 2. The van der Waals surface area contributed by atoms with Crippen LogP contribution in [0.2, 0.25) is 0 Å². The van der Waals surface area contributed by atoms with Gasteiger partial charge in [0, 0.05) is 6.42 Å². The normalized spacial score (nSPS) is 12.2. The number of carbonyl (C=O) groups excluding carboxylic acids is 2. The van der Waals surface area contributed by atoms with Gasteiger partial charge in [0.25, 0.3) is 0 Å². The molecule has 0 spiro atoms. The molecule has 1 atom stereocenters. The van der Waals surface area contributed by atoms with Gasteiger partial charge in [-0.2, -0.15) is 0 Å². The van der Waals surface area contributed by atoms with Gasteiger partial charge in [-0.15, -0.1) is 0 Å².